The highest BCUT2D eigenvalue weighted by Gasteiger charge is 2.18. The zero-order valence-corrected chi connectivity index (χ0v) is 10.4. The second kappa shape index (κ2) is 5.24. The molecule has 1 N–H and O–H groups in total. The molecule has 0 aliphatic heterocycles. The molecule has 1 rings (SSSR count). The largest absolute Gasteiger partial charge is 0.372 e. The van der Waals surface area contributed by atoms with E-state index in [1.165, 1.54) is 12.1 Å². The molecule has 6 nitrogen and oxygen atoms in total. The van der Waals surface area contributed by atoms with E-state index in [4.69, 9.17) is 4.55 Å². The summed E-state index contributed by atoms with van der Waals surface area (Å²) in [5.41, 5.74) is 0.332. The van der Waals surface area contributed by atoms with Gasteiger partial charge in [0.15, 0.2) is 0 Å². The molecule has 0 unspecified atom stereocenters. The molecule has 0 heterocycles. The highest BCUT2D eigenvalue weighted by Crippen LogP contribution is 2.28. The molecular formula is C10H14N2O4S. The minimum absolute atomic E-state index is 0.289. The van der Waals surface area contributed by atoms with Crippen molar-refractivity contribution >= 4 is 21.5 Å². The van der Waals surface area contributed by atoms with Crippen molar-refractivity contribution in [2.75, 3.05) is 18.0 Å². The third-order valence-corrected chi connectivity index (χ3v) is 3.33. The van der Waals surface area contributed by atoms with E-state index in [-0.39, 0.29) is 5.69 Å². The molecule has 94 valence electrons. The summed E-state index contributed by atoms with van der Waals surface area (Å²) in [5.74, 6) is 0. The Morgan fingerprint density at radius 3 is 2.29 bits per heavy atom. The number of benzene rings is 1. The maximum absolute atomic E-state index is 11.1. The normalized spacial score (nSPS) is 11.2. The molecule has 0 saturated heterocycles. The maximum atomic E-state index is 11.1. The molecule has 7 heteroatoms. The van der Waals surface area contributed by atoms with Gasteiger partial charge in [0.1, 0.15) is 10.6 Å². The van der Waals surface area contributed by atoms with Gasteiger partial charge in [-0.25, -0.2) is 0 Å². The van der Waals surface area contributed by atoms with Crippen LogP contribution in [0.5, 0.6) is 0 Å². The summed E-state index contributed by atoms with van der Waals surface area (Å²) in [7, 11) is -4.44. The van der Waals surface area contributed by atoms with E-state index >= 15 is 0 Å². The predicted molar refractivity (Wildman–Crippen MR) is 65.3 cm³/mol. The number of hydrogen-bond acceptors (Lipinski definition) is 5. The van der Waals surface area contributed by atoms with Gasteiger partial charge >= 0.3 is 0 Å². The predicted octanol–water partition coefficient (Wildman–Crippen LogP) is 2.18. The topological polar surface area (TPSA) is 87.0 Å². The summed E-state index contributed by atoms with van der Waals surface area (Å²) >= 11 is 0. The van der Waals surface area contributed by atoms with Crippen LogP contribution in [0.3, 0.4) is 0 Å². The van der Waals surface area contributed by atoms with Crippen LogP contribution in [0.4, 0.5) is 11.4 Å². The minimum Gasteiger partial charge on any atom is -0.372 e. The summed E-state index contributed by atoms with van der Waals surface area (Å²) in [6, 6.07) is 4.13. The van der Waals surface area contributed by atoms with Crippen molar-refractivity contribution < 1.29 is 13.0 Å². The van der Waals surface area contributed by atoms with Crippen molar-refractivity contribution in [2.45, 2.75) is 18.7 Å². The third-order valence-electron chi connectivity index (χ3n) is 2.45. The number of anilines is 1. The zero-order chi connectivity index (χ0) is 13.1. The third kappa shape index (κ3) is 3.01. The van der Waals surface area contributed by atoms with Crippen LogP contribution in [0.2, 0.25) is 0 Å². The first-order valence-electron chi connectivity index (χ1n) is 5.13. The van der Waals surface area contributed by atoms with Crippen LogP contribution in [0.1, 0.15) is 13.8 Å². The van der Waals surface area contributed by atoms with Gasteiger partial charge in [0.25, 0.3) is 10.1 Å². The Bertz CT molecular complexity index is 509. The molecule has 0 atom stereocenters. The fourth-order valence-corrected chi connectivity index (χ4v) is 2.21. The highest BCUT2D eigenvalue weighted by molar-refractivity contribution is 7.86. The SMILES string of the molecule is CCN(CC)c1ccc(N=O)c(S(=O)(=O)O)c1. The summed E-state index contributed by atoms with van der Waals surface area (Å²) in [6.07, 6.45) is 0. The molecule has 0 spiro atoms. The van der Waals surface area contributed by atoms with Crippen LogP contribution < -0.4 is 4.90 Å². The molecule has 17 heavy (non-hydrogen) atoms. The van der Waals surface area contributed by atoms with Gasteiger partial charge in [0, 0.05) is 18.8 Å². The Labute approximate surface area is 100.0 Å². The maximum Gasteiger partial charge on any atom is 0.296 e. The Balaban J connectivity index is 3.37. The van der Waals surface area contributed by atoms with Gasteiger partial charge in [-0.1, -0.05) is 0 Å². The monoisotopic (exact) mass is 258 g/mol. The van der Waals surface area contributed by atoms with Crippen molar-refractivity contribution in [1.29, 1.82) is 0 Å². The van der Waals surface area contributed by atoms with Crippen LogP contribution in [0, 0.1) is 4.91 Å². The fourth-order valence-electron chi connectivity index (χ4n) is 1.57. The number of nitroso groups, excluding NO2 is 1. The molecule has 0 bridgehead atoms. The smallest absolute Gasteiger partial charge is 0.296 e. The lowest BCUT2D eigenvalue weighted by Crippen LogP contribution is -2.21. The Morgan fingerprint density at radius 2 is 1.88 bits per heavy atom. The van der Waals surface area contributed by atoms with Crippen LogP contribution in [0.15, 0.2) is 28.3 Å². The highest BCUT2D eigenvalue weighted by atomic mass is 32.2. The molecule has 1 aromatic rings. The first kappa shape index (κ1) is 13.6. The molecule has 0 aliphatic rings. The van der Waals surface area contributed by atoms with Crippen molar-refractivity contribution in [2.24, 2.45) is 5.18 Å². The lowest BCUT2D eigenvalue weighted by Gasteiger charge is -2.21. The summed E-state index contributed by atoms with van der Waals surface area (Å²) in [6.45, 7) is 5.22. The molecule has 0 aliphatic carbocycles. The van der Waals surface area contributed by atoms with E-state index in [1.807, 2.05) is 18.7 Å². The quantitative estimate of drug-likeness (QED) is 0.646. The average molecular weight is 258 g/mol. The van der Waals surface area contributed by atoms with Gasteiger partial charge in [-0.05, 0) is 37.2 Å². The molecule has 0 amide bonds. The van der Waals surface area contributed by atoms with E-state index < -0.39 is 15.0 Å². The first-order valence-corrected chi connectivity index (χ1v) is 6.57. The molecule has 0 fully saturated rings. The van der Waals surface area contributed by atoms with E-state index in [1.54, 1.807) is 6.07 Å². The van der Waals surface area contributed by atoms with Crippen molar-refractivity contribution in [1.82, 2.24) is 0 Å². The van der Waals surface area contributed by atoms with Crippen LogP contribution >= 0.6 is 0 Å². The van der Waals surface area contributed by atoms with Gasteiger partial charge in [-0.3, -0.25) is 4.55 Å². The van der Waals surface area contributed by atoms with E-state index in [0.717, 1.165) is 0 Å². The number of rotatable bonds is 5. The second-order valence-corrected chi connectivity index (χ2v) is 4.78. The number of hydrogen-bond donors (Lipinski definition) is 1. The second-order valence-electron chi connectivity index (χ2n) is 3.39. The molecular weight excluding hydrogens is 244 g/mol. The minimum atomic E-state index is -4.44. The lowest BCUT2D eigenvalue weighted by molar-refractivity contribution is 0.483. The van der Waals surface area contributed by atoms with Crippen molar-refractivity contribution in [3.8, 4) is 0 Å². The van der Waals surface area contributed by atoms with E-state index in [2.05, 4.69) is 5.18 Å². The van der Waals surface area contributed by atoms with E-state index in [0.29, 0.717) is 18.8 Å². The molecule has 0 aromatic heterocycles. The summed E-state index contributed by atoms with van der Waals surface area (Å²) < 4.78 is 31.2. The van der Waals surface area contributed by atoms with Crippen LogP contribution in [-0.4, -0.2) is 26.1 Å². The Kier molecular flexibility index (Phi) is 4.19. The van der Waals surface area contributed by atoms with Crippen LogP contribution in [0.25, 0.3) is 0 Å². The zero-order valence-electron chi connectivity index (χ0n) is 9.62. The Morgan fingerprint density at radius 1 is 1.29 bits per heavy atom. The molecule has 1 aromatic carbocycles. The van der Waals surface area contributed by atoms with Crippen molar-refractivity contribution in [3.63, 3.8) is 0 Å². The summed E-state index contributed by atoms with van der Waals surface area (Å²) in [4.78, 5) is 11.9. The standard InChI is InChI=1S/C10H14N2O4S/c1-3-12(4-2)8-5-6-9(11-13)10(7-8)17(14,15)16/h5-7H,3-4H2,1-2H3,(H,14,15,16). The molecule has 0 saturated carbocycles. The van der Waals surface area contributed by atoms with Gasteiger partial charge in [0.2, 0.25) is 0 Å². The van der Waals surface area contributed by atoms with Crippen LogP contribution in [-0.2, 0) is 10.1 Å². The van der Waals surface area contributed by atoms with Crippen molar-refractivity contribution in [3.05, 3.63) is 23.1 Å². The van der Waals surface area contributed by atoms with Gasteiger partial charge in [-0.2, -0.15) is 8.42 Å². The first-order chi connectivity index (χ1) is 7.93. The fraction of sp³-hybridized carbons (Fsp3) is 0.400. The molecule has 0 radical (unpaired) electrons. The summed E-state index contributed by atoms with van der Waals surface area (Å²) in [5, 5.41) is 2.58. The average Bonchev–Trinajstić information content (AvgIpc) is 2.29. The van der Waals surface area contributed by atoms with Gasteiger partial charge < -0.3 is 4.90 Å². The Hall–Kier alpha value is -1.47. The van der Waals surface area contributed by atoms with E-state index in [9.17, 15) is 13.3 Å². The number of nitrogens with zero attached hydrogens (tertiary/aromatic N) is 2. The van der Waals surface area contributed by atoms with Gasteiger partial charge in [-0.15, -0.1) is 4.91 Å². The van der Waals surface area contributed by atoms with Gasteiger partial charge in [0.05, 0.1) is 0 Å². The lowest BCUT2D eigenvalue weighted by atomic mass is 10.2.